The molecule has 0 radical (unpaired) electrons. The van der Waals surface area contributed by atoms with Gasteiger partial charge in [-0.25, -0.2) is 4.79 Å². The molecule has 0 aromatic heterocycles. The van der Waals surface area contributed by atoms with Gasteiger partial charge in [-0.2, -0.15) is 0 Å². The van der Waals surface area contributed by atoms with Crippen LogP contribution in [-0.2, 0) is 19.2 Å². The highest BCUT2D eigenvalue weighted by Gasteiger charge is 2.41. The zero-order chi connectivity index (χ0) is 21.1. The number of allylic oxidation sites excluding steroid dienone is 2. The minimum absolute atomic E-state index is 0.0984. The van der Waals surface area contributed by atoms with Gasteiger partial charge in [-0.1, -0.05) is 29.9 Å². The Morgan fingerprint density at radius 3 is 2.52 bits per heavy atom. The van der Waals surface area contributed by atoms with E-state index in [0.29, 0.717) is 5.06 Å². The van der Waals surface area contributed by atoms with Crippen LogP contribution in [0.4, 0.5) is 0 Å². The number of thioether (sulfide) groups is 1. The number of carbonyl (C=O) groups is 3. The normalized spacial score (nSPS) is 16.1. The second kappa shape index (κ2) is 19.4. The number of hydrogen-bond acceptors (Lipinski definition) is 8. The first-order chi connectivity index (χ1) is 13.0. The summed E-state index contributed by atoms with van der Waals surface area (Å²) in [5.74, 6) is 0.186. The number of amides is 2. The van der Waals surface area contributed by atoms with E-state index in [9.17, 15) is 14.4 Å². The van der Waals surface area contributed by atoms with Gasteiger partial charge < -0.3 is 4.84 Å². The van der Waals surface area contributed by atoms with E-state index in [-0.39, 0.29) is 6.42 Å². The summed E-state index contributed by atoms with van der Waals surface area (Å²) >= 11 is 1.43. The van der Waals surface area contributed by atoms with Crippen LogP contribution in [0, 0.1) is 12.8 Å². The Hall–Kier alpha value is -1.37. The first kappa shape index (κ1) is 27.8. The number of hydroxylamine groups is 2. The second-order valence-electron chi connectivity index (χ2n) is 4.79. The van der Waals surface area contributed by atoms with Gasteiger partial charge in [-0.05, 0) is 36.3 Å². The van der Waals surface area contributed by atoms with E-state index in [1.54, 1.807) is 34.2 Å². The first-order valence-electron chi connectivity index (χ1n) is 8.28. The van der Waals surface area contributed by atoms with E-state index in [2.05, 4.69) is 41.8 Å². The molecule has 0 N–H and O–H groups in total. The topological polar surface area (TPSA) is 76.0 Å². The molecule has 0 aromatic rings. The van der Waals surface area contributed by atoms with Gasteiger partial charge in [0.1, 0.15) is 0 Å². The van der Waals surface area contributed by atoms with E-state index in [4.69, 9.17) is 0 Å². The van der Waals surface area contributed by atoms with Crippen molar-refractivity contribution in [2.75, 3.05) is 18.6 Å². The van der Waals surface area contributed by atoms with Crippen molar-refractivity contribution in [2.24, 2.45) is 4.99 Å². The quantitative estimate of drug-likeness (QED) is 0.104. The van der Waals surface area contributed by atoms with E-state index < -0.39 is 23.0 Å². The largest absolute Gasteiger partial charge is 0.331 e. The fraction of sp³-hybridized carbons (Fsp3) is 0.556. The molecule has 1 fully saturated rings. The standard InChI is InChI=1S/C11H16N2O4S3.C5H10.C2H2/c1-8(14)17-13-10(15)6-9(11(13)16)18-4-3-5-19-20-7-12-2;1-3-5-4-2;1-2/h7,9H,3-6H2,1-2H3;3,5H,4H2,1-2H3;1-2H/b;5-3-;. The molecular formula is C18H28N2O4S3. The predicted octanol–water partition coefficient (Wildman–Crippen LogP) is 3.98. The van der Waals surface area contributed by atoms with E-state index >= 15 is 0 Å². The Morgan fingerprint density at radius 2 is 2.04 bits per heavy atom. The van der Waals surface area contributed by atoms with Crippen molar-refractivity contribution in [1.82, 2.24) is 5.06 Å². The van der Waals surface area contributed by atoms with Gasteiger partial charge in [0.2, 0.25) is 0 Å². The Morgan fingerprint density at radius 1 is 1.37 bits per heavy atom. The van der Waals surface area contributed by atoms with Gasteiger partial charge in [0.05, 0.1) is 17.2 Å². The number of rotatable bonds is 9. The Labute approximate surface area is 174 Å². The van der Waals surface area contributed by atoms with Crippen molar-refractivity contribution in [2.45, 2.75) is 45.3 Å². The van der Waals surface area contributed by atoms with Gasteiger partial charge in [-0.3, -0.25) is 14.6 Å². The fourth-order valence-corrected chi connectivity index (χ4v) is 4.50. The summed E-state index contributed by atoms with van der Waals surface area (Å²) in [6, 6.07) is 0. The molecule has 9 heteroatoms. The molecule has 1 saturated heterocycles. The molecule has 2 amide bonds. The van der Waals surface area contributed by atoms with Crippen molar-refractivity contribution in [1.29, 1.82) is 0 Å². The third-order valence-corrected chi connectivity index (χ3v) is 6.01. The van der Waals surface area contributed by atoms with E-state index in [0.717, 1.165) is 31.3 Å². The molecule has 1 heterocycles. The third-order valence-electron chi connectivity index (χ3n) is 2.66. The van der Waals surface area contributed by atoms with Crippen molar-refractivity contribution >= 4 is 56.7 Å². The number of hydrogen-bond donors (Lipinski definition) is 0. The lowest BCUT2D eigenvalue weighted by molar-refractivity contribution is -0.195. The van der Waals surface area contributed by atoms with Gasteiger partial charge in [-0.15, -0.1) is 29.7 Å². The molecule has 1 rings (SSSR count). The molecule has 6 nitrogen and oxygen atoms in total. The lowest BCUT2D eigenvalue weighted by atomic mass is 10.4. The molecule has 0 saturated carbocycles. The molecule has 1 aliphatic rings. The lowest BCUT2D eigenvalue weighted by Crippen LogP contribution is -2.33. The zero-order valence-corrected chi connectivity index (χ0v) is 18.7. The minimum Gasteiger partial charge on any atom is -0.331 e. The van der Waals surface area contributed by atoms with Crippen LogP contribution in [0.2, 0.25) is 0 Å². The smallest absolute Gasteiger partial charge is 0.330 e. The molecule has 1 unspecified atom stereocenters. The highest BCUT2D eigenvalue weighted by atomic mass is 33.1. The van der Waals surface area contributed by atoms with Crippen molar-refractivity contribution in [3.63, 3.8) is 0 Å². The van der Waals surface area contributed by atoms with Crippen LogP contribution in [0.25, 0.3) is 0 Å². The maximum absolute atomic E-state index is 11.8. The van der Waals surface area contributed by atoms with Gasteiger partial charge in [0.15, 0.2) is 0 Å². The molecule has 0 bridgehead atoms. The maximum Gasteiger partial charge on any atom is 0.330 e. The molecule has 152 valence electrons. The lowest BCUT2D eigenvalue weighted by Gasteiger charge is -2.12. The van der Waals surface area contributed by atoms with Gasteiger partial charge >= 0.3 is 5.97 Å². The van der Waals surface area contributed by atoms with Crippen LogP contribution in [0.3, 0.4) is 0 Å². The minimum atomic E-state index is -0.664. The van der Waals surface area contributed by atoms with Crippen LogP contribution in [0.5, 0.6) is 0 Å². The molecule has 0 aliphatic carbocycles. The first-order valence-corrected chi connectivity index (χ1v) is 11.7. The summed E-state index contributed by atoms with van der Waals surface area (Å²) in [5, 5.41) is 0.152. The monoisotopic (exact) mass is 432 g/mol. The van der Waals surface area contributed by atoms with Crippen LogP contribution >= 0.6 is 33.3 Å². The number of aliphatic imine (C=N–C) groups is 1. The Bertz CT molecular complexity index is 522. The third kappa shape index (κ3) is 14.4. The molecule has 27 heavy (non-hydrogen) atoms. The number of terminal acetylenes is 1. The molecule has 1 aliphatic heterocycles. The number of imide groups is 1. The zero-order valence-electron chi connectivity index (χ0n) is 16.3. The van der Waals surface area contributed by atoms with Crippen molar-refractivity contribution in [3.05, 3.63) is 12.2 Å². The fourth-order valence-electron chi connectivity index (χ4n) is 1.64. The molecular weight excluding hydrogens is 404 g/mol. The SMILES string of the molecule is C#C.C/C=C\CC.CN=CSSCCCSC1CC(=O)N(OC(C)=O)C1=O. The van der Waals surface area contributed by atoms with Crippen LogP contribution in [-0.4, -0.2) is 52.2 Å². The summed E-state index contributed by atoms with van der Waals surface area (Å²) in [4.78, 5) is 42.6. The average Bonchev–Trinajstić information content (AvgIpc) is 2.91. The Kier molecular flexibility index (Phi) is 20.0. The van der Waals surface area contributed by atoms with Crippen molar-refractivity contribution < 1.29 is 19.2 Å². The molecule has 0 spiro atoms. The second-order valence-corrected chi connectivity index (χ2v) is 8.43. The summed E-state index contributed by atoms with van der Waals surface area (Å²) in [7, 11) is 4.99. The van der Waals surface area contributed by atoms with Gasteiger partial charge in [0, 0.05) is 19.7 Å². The van der Waals surface area contributed by atoms with Gasteiger partial charge in [0.25, 0.3) is 11.8 Å². The highest BCUT2D eigenvalue weighted by molar-refractivity contribution is 8.81. The maximum atomic E-state index is 11.8. The van der Waals surface area contributed by atoms with Crippen LogP contribution < -0.4 is 0 Å². The predicted molar refractivity (Wildman–Crippen MR) is 119 cm³/mol. The van der Waals surface area contributed by atoms with Crippen LogP contribution in [0.15, 0.2) is 17.1 Å². The number of carbonyl (C=O) groups excluding carboxylic acids is 3. The van der Waals surface area contributed by atoms with Crippen molar-refractivity contribution in [3.8, 4) is 12.8 Å². The average molecular weight is 433 g/mol. The van der Waals surface area contributed by atoms with E-state index in [1.165, 1.54) is 11.8 Å². The highest BCUT2D eigenvalue weighted by Crippen LogP contribution is 2.27. The summed E-state index contributed by atoms with van der Waals surface area (Å²) in [6.07, 6.45) is 14.4. The summed E-state index contributed by atoms with van der Waals surface area (Å²) in [6.45, 7) is 5.32. The molecule has 1 atom stereocenters. The number of nitrogens with zero attached hydrogens (tertiary/aromatic N) is 2. The molecule has 0 aromatic carbocycles. The Balaban J connectivity index is 0. The summed E-state index contributed by atoms with van der Waals surface area (Å²) < 4.78 is 0. The van der Waals surface area contributed by atoms with Crippen LogP contribution in [0.1, 0.15) is 40.0 Å². The summed E-state index contributed by atoms with van der Waals surface area (Å²) in [5.41, 5.74) is 1.77. The van der Waals surface area contributed by atoms with E-state index in [1.807, 2.05) is 6.92 Å².